The van der Waals surface area contributed by atoms with Crippen LogP contribution in [0.25, 0.3) is 6.08 Å². The van der Waals surface area contributed by atoms with E-state index in [2.05, 4.69) is 91.5 Å². The smallest absolute Gasteiger partial charge is 0.251 e. The van der Waals surface area contributed by atoms with Crippen molar-refractivity contribution in [1.82, 2.24) is 24.7 Å². The quantitative estimate of drug-likeness (QED) is 0.129. The number of amides is 1. The number of nitrogens with zero attached hydrogens (tertiary/aromatic N) is 6. The van der Waals surface area contributed by atoms with Crippen LogP contribution in [0.1, 0.15) is 59.6 Å². The van der Waals surface area contributed by atoms with Crippen molar-refractivity contribution in [2.24, 2.45) is 10.9 Å². The summed E-state index contributed by atoms with van der Waals surface area (Å²) in [4.78, 5) is 28.8. The molecule has 0 aliphatic rings. The predicted octanol–water partition coefficient (Wildman–Crippen LogP) is 6.00. The highest BCUT2D eigenvalue weighted by atomic mass is 16.2. The Morgan fingerprint density at radius 1 is 1.13 bits per heavy atom. The third-order valence-corrected chi connectivity index (χ3v) is 5.37. The molecule has 0 aliphatic carbocycles. The first-order valence-electron chi connectivity index (χ1n) is 13.6. The monoisotopic (exact) mass is 526 g/mol. The maximum atomic E-state index is 11.4. The van der Waals surface area contributed by atoms with Crippen LogP contribution >= 0.6 is 0 Å². The highest BCUT2D eigenvalue weighted by molar-refractivity contribution is 5.97. The van der Waals surface area contributed by atoms with Crippen LogP contribution in [0.3, 0.4) is 0 Å². The van der Waals surface area contributed by atoms with E-state index in [1.54, 1.807) is 32.4 Å². The van der Waals surface area contributed by atoms with Gasteiger partial charge in [-0.3, -0.25) is 9.79 Å². The van der Waals surface area contributed by atoms with Crippen LogP contribution in [0.15, 0.2) is 65.6 Å². The first-order valence-corrected chi connectivity index (χ1v) is 13.6. The Balaban J connectivity index is 0. The van der Waals surface area contributed by atoms with Gasteiger partial charge in [0.1, 0.15) is 6.33 Å². The van der Waals surface area contributed by atoms with Crippen molar-refractivity contribution in [3.63, 3.8) is 0 Å². The molecule has 0 radical (unpaired) electrons. The van der Waals surface area contributed by atoms with E-state index < -0.39 is 0 Å². The van der Waals surface area contributed by atoms with Gasteiger partial charge in [0.2, 0.25) is 0 Å². The molecule has 38 heavy (non-hydrogen) atoms. The topological polar surface area (TPSA) is 64.9 Å². The van der Waals surface area contributed by atoms with Gasteiger partial charge in [0.15, 0.2) is 0 Å². The Labute approximate surface area is 233 Å². The second-order valence-electron chi connectivity index (χ2n) is 9.15. The number of aromatic nitrogens is 2. The van der Waals surface area contributed by atoms with E-state index in [4.69, 9.17) is 0 Å². The Kier molecular flexibility index (Phi) is 24.0. The van der Waals surface area contributed by atoms with Crippen molar-refractivity contribution in [3.8, 4) is 0 Å². The average molecular weight is 527 g/mol. The van der Waals surface area contributed by atoms with Gasteiger partial charge >= 0.3 is 0 Å². The van der Waals surface area contributed by atoms with Gasteiger partial charge in [0, 0.05) is 32.9 Å². The Morgan fingerprint density at radius 2 is 1.82 bits per heavy atom. The third kappa shape index (κ3) is 20.2. The lowest BCUT2D eigenvalue weighted by Gasteiger charge is -2.17. The molecule has 1 atom stereocenters. The maximum Gasteiger partial charge on any atom is 0.251 e. The predicted molar refractivity (Wildman–Crippen MR) is 166 cm³/mol. The lowest BCUT2D eigenvalue weighted by molar-refractivity contribution is -0.121. The standard InChI is InChI=1S/C19H36N2.C10H12N4O.C2H6/c1-8-14-21(7)16-17(3)12-13-19(9-2)18(4)11-10-15-20(5)6;1-11-8-14(2)10(15)4-3-9-5-6-12-7-13-9;1-2/h9,12-13,18H,3,8,10-11,14-16H2,1-2,4-7H3;3-8H,1-2H3;1-2H3/b13-12-,19-9+;4-3+,11-8?;. The van der Waals surface area contributed by atoms with Crippen molar-refractivity contribution in [3.05, 3.63) is 66.3 Å². The van der Waals surface area contributed by atoms with Crippen molar-refractivity contribution in [2.45, 2.75) is 53.9 Å². The number of allylic oxidation sites excluding steroid dienone is 3. The van der Waals surface area contributed by atoms with Crippen LogP contribution in [0.4, 0.5) is 0 Å². The molecule has 1 unspecified atom stereocenters. The molecule has 214 valence electrons. The molecule has 0 bridgehead atoms. The number of carbonyl (C=O) groups is 1. The van der Waals surface area contributed by atoms with E-state index in [0.29, 0.717) is 11.6 Å². The van der Waals surface area contributed by atoms with Gasteiger partial charge in [0.25, 0.3) is 5.91 Å². The first-order chi connectivity index (χ1) is 18.1. The molecule has 0 saturated heterocycles. The molecule has 0 saturated carbocycles. The van der Waals surface area contributed by atoms with Crippen LogP contribution in [0.2, 0.25) is 0 Å². The first kappa shape index (κ1) is 37.3. The number of rotatable bonds is 14. The number of carbonyl (C=O) groups excluding carboxylic acids is 1. The molecule has 1 rings (SSSR count). The summed E-state index contributed by atoms with van der Waals surface area (Å²) in [5.41, 5.74) is 3.30. The Hall–Kier alpha value is -2.90. The van der Waals surface area contributed by atoms with Crippen LogP contribution < -0.4 is 0 Å². The molecule has 1 aromatic heterocycles. The maximum absolute atomic E-state index is 11.4. The van der Waals surface area contributed by atoms with Gasteiger partial charge in [-0.05, 0) is 89.6 Å². The van der Waals surface area contributed by atoms with Gasteiger partial charge < -0.3 is 14.7 Å². The average Bonchev–Trinajstić information content (AvgIpc) is 2.89. The van der Waals surface area contributed by atoms with Crippen LogP contribution in [-0.4, -0.2) is 91.8 Å². The molecule has 1 amide bonds. The van der Waals surface area contributed by atoms with Gasteiger partial charge in [-0.25, -0.2) is 9.97 Å². The minimum Gasteiger partial charge on any atom is -0.309 e. The summed E-state index contributed by atoms with van der Waals surface area (Å²) in [7, 11) is 9.68. The molecular formula is C31H54N6O. The molecule has 0 N–H and O–H groups in total. The zero-order valence-corrected chi connectivity index (χ0v) is 25.8. The van der Waals surface area contributed by atoms with E-state index in [1.807, 2.05) is 13.8 Å². The normalized spacial score (nSPS) is 12.5. The minimum atomic E-state index is -0.154. The minimum absolute atomic E-state index is 0.154. The second kappa shape index (κ2) is 24.4. The highest BCUT2D eigenvalue weighted by Crippen LogP contribution is 2.18. The molecule has 7 nitrogen and oxygen atoms in total. The number of likely N-dealkylation sites (N-methyl/N-ethyl adjacent to an activating group) is 2. The molecule has 0 fully saturated rings. The van der Waals surface area contributed by atoms with E-state index in [-0.39, 0.29) is 5.91 Å². The summed E-state index contributed by atoms with van der Waals surface area (Å²) >= 11 is 0. The highest BCUT2D eigenvalue weighted by Gasteiger charge is 2.06. The number of hydrogen-bond donors (Lipinski definition) is 0. The van der Waals surface area contributed by atoms with Crippen molar-refractivity contribution >= 4 is 18.3 Å². The zero-order valence-electron chi connectivity index (χ0n) is 25.8. The van der Waals surface area contributed by atoms with Gasteiger partial charge in [-0.2, -0.15) is 0 Å². The molecule has 0 spiro atoms. The van der Waals surface area contributed by atoms with E-state index >= 15 is 0 Å². The number of hydrogen-bond acceptors (Lipinski definition) is 6. The lowest BCUT2D eigenvalue weighted by atomic mass is 9.95. The molecule has 1 aromatic rings. The zero-order chi connectivity index (χ0) is 29.3. The van der Waals surface area contributed by atoms with Crippen molar-refractivity contribution < 1.29 is 4.79 Å². The summed E-state index contributed by atoms with van der Waals surface area (Å²) in [6.07, 6.45) is 17.9. The van der Waals surface area contributed by atoms with E-state index in [9.17, 15) is 4.79 Å². The fourth-order valence-corrected chi connectivity index (χ4v) is 3.40. The largest absolute Gasteiger partial charge is 0.309 e. The fourth-order valence-electron chi connectivity index (χ4n) is 3.40. The summed E-state index contributed by atoms with van der Waals surface area (Å²) in [6.45, 7) is 18.1. The molecular weight excluding hydrogens is 472 g/mol. The molecule has 0 aromatic carbocycles. The summed E-state index contributed by atoms with van der Waals surface area (Å²) < 4.78 is 0. The van der Waals surface area contributed by atoms with Gasteiger partial charge in [0.05, 0.1) is 12.0 Å². The molecule has 7 heteroatoms. The van der Waals surface area contributed by atoms with E-state index in [0.717, 1.165) is 13.1 Å². The van der Waals surface area contributed by atoms with Gasteiger partial charge in [-0.15, -0.1) is 0 Å². The SMILES string of the molecule is C=C(/C=C\C(=C/C)C(C)CCCN(C)C)CN(C)CCC.CC.CN=CN(C)C(=O)/C=C/c1ccncn1. The van der Waals surface area contributed by atoms with Crippen LogP contribution in [0, 0.1) is 5.92 Å². The van der Waals surface area contributed by atoms with Crippen LogP contribution in [-0.2, 0) is 4.79 Å². The van der Waals surface area contributed by atoms with Crippen molar-refractivity contribution in [2.75, 3.05) is 54.9 Å². The Bertz CT molecular complexity index is 858. The second-order valence-corrected chi connectivity index (χ2v) is 9.15. The lowest BCUT2D eigenvalue weighted by Crippen LogP contribution is -2.22. The summed E-state index contributed by atoms with van der Waals surface area (Å²) in [5.74, 6) is 0.464. The Morgan fingerprint density at radius 3 is 2.34 bits per heavy atom. The summed E-state index contributed by atoms with van der Waals surface area (Å²) in [6, 6.07) is 1.72. The molecule has 0 aliphatic heterocycles. The fraction of sp³-hybridized carbons (Fsp3) is 0.548. The number of aliphatic imine (C=N–C) groups is 1. The van der Waals surface area contributed by atoms with Gasteiger partial charge in [-0.1, -0.05) is 52.5 Å². The summed E-state index contributed by atoms with van der Waals surface area (Å²) in [5, 5.41) is 0. The van der Waals surface area contributed by atoms with Crippen molar-refractivity contribution in [1.29, 1.82) is 0 Å². The van der Waals surface area contributed by atoms with E-state index in [1.165, 1.54) is 60.6 Å². The third-order valence-electron chi connectivity index (χ3n) is 5.37. The molecule has 1 heterocycles. The van der Waals surface area contributed by atoms with Crippen LogP contribution in [0.5, 0.6) is 0 Å².